The van der Waals surface area contributed by atoms with E-state index in [2.05, 4.69) is 30.9 Å². The third-order valence-electron chi connectivity index (χ3n) is 3.53. The highest BCUT2D eigenvalue weighted by Gasteiger charge is 2.20. The zero-order valence-corrected chi connectivity index (χ0v) is 12.2. The van der Waals surface area contributed by atoms with Gasteiger partial charge < -0.3 is 4.90 Å². The molecule has 0 aliphatic heterocycles. The molecule has 0 atom stereocenters. The van der Waals surface area contributed by atoms with Crippen LogP contribution in [0.4, 0.5) is 5.82 Å². The summed E-state index contributed by atoms with van der Waals surface area (Å²) in [4.78, 5) is 6.81. The smallest absolute Gasteiger partial charge is 0.146 e. The molecule has 0 fully saturated rings. The normalized spacial score (nSPS) is 12.8. The third kappa shape index (κ3) is 3.08. The van der Waals surface area contributed by atoms with Crippen LogP contribution in [0.3, 0.4) is 0 Å². The lowest BCUT2D eigenvalue weighted by Gasteiger charge is -2.26. The number of anilines is 1. The Morgan fingerprint density at radius 3 is 2.80 bits per heavy atom. The average molecular weight is 268 g/mol. The number of fused-ring (bicyclic) bond motifs is 1. The van der Waals surface area contributed by atoms with Gasteiger partial charge in [0.1, 0.15) is 11.9 Å². The highest BCUT2D eigenvalue weighted by molar-refractivity contribution is 5.57. The molecule has 1 aromatic rings. The summed E-state index contributed by atoms with van der Waals surface area (Å²) >= 11 is 0. The number of hydrogen-bond donors (Lipinski definition) is 0. The van der Waals surface area contributed by atoms with Gasteiger partial charge >= 0.3 is 0 Å². The number of pyridine rings is 1. The minimum Gasteiger partial charge on any atom is -0.354 e. The molecule has 0 bridgehead atoms. The van der Waals surface area contributed by atoms with E-state index in [9.17, 15) is 5.26 Å². The van der Waals surface area contributed by atoms with Crippen molar-refractivity contribution in [2.75, 3.05) is 18.0 Å². The molecule has 0 saturated heterocycles. The Bertz CT molecular complexity index is 563. The van der Waals surface area contributed by atoms with Crippen molar-refractivity contribution in [1.29, 1.82) is 10.5 Å². The topological polar surface area (TPSA) is 63.7 Å². The third-order valence-corrected chi connectivity index (χ3v) is 3.53. The Morgan fingerprint density at radius 1 is 1.35 bits per heavy atom. The van der Waals surface area contributed by atoms with Gasteiger partial charge in [-0.05, 0) is 36.8 Å². The van der Waals surface area contributed by atoms with E-state index in [1.54, 1.807) is 0 Å². The van der Waals surface area contributed by atoms with Gasteiger partial charge in [-0.1, -0.05) is 13.8 Å². The molecular formula is C16H20N4. The summed E-state index contributed by atoms with van der Waals surface area (Å²) in [6.45, 7) is 5.73. The number of hydrogen-bond acceptors (Lipinski definition) is 4. The predicted octanol–water partition coefficient (Wildman–Crippen LogP) is 2.82. The van der Waals surface area contributed by atoms with Crippen LogP contribution in [0, 0.1) is 28.6 Å². The standard InChI is InChI=1S/C16H20N4/c1-12(2)11-20(8-4-7-17)16-14(10-18)9-13-5-3-6-15(13)19-16/h9,12H,3-6,8,11H2,1-2H3. The fourth-order valence-electron chi connectivity index (χ4n) is 2.69. The van der Waals surface area contributed by atoms with Crippen LogP contribution in [-0.2, 0) is 12.8 Å². The Morgan fingerprint density at radius 2 is 2.15 bits per heavy atom. The molecule has 20 heavy (non-hydrogen) atoms. The molecule has 4 nitrogen and oxygen atoms in total. The van der Waals surface area contributed by atoms with Crippen LogP contribution < -0.4 is 4.90 Å². The van der Waals surface area contributed by atoms with Crippen LogP contribution in [0.1, 0.15) is 43.5 Å². The number of aryl methyl sites for hydroxylation is 2. The summed E-state index contributed by atoms with van der Waals surface area (Å²) in [5.74, 6) is 1.23. The molecule has 2 rings (SSSR count). The van der Waals surface area contributed by atoms with Crippen molar-refractivity contribution in [2.45, 2.75) is 39.5 Å². The van der Waals surface area contributed by atoms with Gasteiger partial charge in [-0.15, -0.1) is 0 Å². The van der Waals surface area contributed by atoms with Gasteiger partial charge in [-0.25, -0.2) is 4.98 Å². The molecule has 4 heteroatoms. The molecule has 1 aromatic heterocycles. The Kier molecular flexibility index (Phi) is 4.58. The molecular weight excluding hydrogens is 248 g/mol. The number of rotatable bonds is 5. The quantitative estimate of drug-likeness (QED) is 0.823. The van der Waals surface area contributed by atoms with Gasteiger partial charge in [0.15, 0.2) is 0 Å². The van der Waals surface area contributed by atoms with Gasteiger partial charge in [-0.2, -0.15) is 10.5 Å². The van der Waals surface area contributed by atoms with Crippen LogP contribution in [-0.4, -0.2) is 18.1 Å². The Hall–Kier alpha value is -2.07. The first kappa shape index (κ1) is 14.3. The average Bonchev–Trinajstić information content (AvgIpc) is 2.88. The molecule has 0 aromatic carbocycles. The van der Waals surface area contributed by atoms with E-state index in [1.165, 1.54) is 5.56 Å². The first-order chi connectivity index (χ1) is 9.65. The van der Waals surface area contributed by atoms with E-state index in [0.29, 0.717) is 24.4 Å². The summed E-state index contributed by atoms with van der Waals surface area (Å²) in [6.07, 6.45) is 3.61. The predicted molar refractivity (Wildman–Crippen MR) is 78.3 cm³/mol. The summed E-state index contributed by atoms with van der Waals surface area (Å²) in [5, 5.41) is 18.2. The van der Waals surface area contributed by atoms with E-state index in [0.717, 1.165) is 37.3 Å². The van der Waals surface area contributed by atoms with Gasteiger partial charge in [-0.3, -0.25) is 0 Å². The van der Waals surface area contributed by atoms with E-state index < -0.39 is 0 Å². The fraction of sp³-hybridized carbons (Fsp3) is 0.562. The fourth-order valence-corrected chi connectivity index (χ4v) is 2.69. The zero-order chi connectivity index (χ0) is 14.5. The second-order valence-electron chi connectivity index (χ2n) is 5.68. The molecule has 0 N–H and O–H groups in total. The van der Waals surface area contributed by atoms with Crippen LogP contribution in [0.15, 0.2) is 6.07 Å². The minimum absolute atomic E-state index is 0.455. The van der Waals surface area contributed by atoms with Gasteiger partial charge in [0.05, 0.1) is 18.1 Å². The van der Waals surface area contributed by atoms with Crippen molar-refractivity contribution in [3.63, 3.8) is 0 Å². The number of aromatic nitrogens is 1. The van der Waals surface area contributed by atoms with E-state index in [4.69, 9.17) is 10.2 Å². The van der Waals surface area contributed by atoms with Gasteiger partial charge in [0, 0.05) is 18.8 Å². The lowest BCUT2D eigenvalue weighted by Crippen LogP contribution is -2.30. The van der Waals surface area contributed by atoms with E-state index >= 15 is 0 Å². The maximum Gasteiger partial charge on any atom is 0.146 e. The number of nitrogens with zero attached hydrogens (tertiary/aromatic N) is 4. The Labute approximate surface area is 120 Å². The summed E-state index contributed by atoms with van der Waals surface area (Å²) in [7, 11) is 0. The molecule has 1 heterocycles. The SMILES string of the molecule is CC(C)CN(CCC#N)c1nc2c(cc1C#N)CCC2. The highest BCUT2D eigenvalue weighted by Crippen LogP contribution is 2.27. The molecule has 0 amide bonds. The molecule has 0 spiro atoms. The molecule has 0 unspecified atom stereocenters. The van der Waals surface area contributed by atoms with E-state index in [-0.39, 0.29) is 0 Å². The second-order valence-corrected chi connectivity index (χ2v) is 5.68. The maximum absolute atomic E-state index is 9.38. The second kappa shape index (κ2) is 6.39. The van der Waals surface area contributed by atoms with Gasteiger partial charge in [0.25, 0.3) is 0 Å². The summed E-state index contributed by atoms with van der Waals surface area (Å²) in [5.41, 5.74) is 2.99. The first-order valence-corrected chi connectivity index (χ1v) is 7.20. The van der Waals surface area contributed by atoms with Crippen molar-refractivity contribution >= 4 is 5.82 Å². The van der Waals surface area contributed by atoms with Crippen molar-refractivity contribution < 1.29 is 0 Å². The monoisotopic (exact) mass is 268 g/mol. The zero-order valence-electron chi connectivity index (χ0n) is 12.2. The van der Waals surface area contributed by atoms with Crippen LogP contribution in [0.25, 0.3) is 0 Å². The van der Waals surface area contributed by atoms with E-state index in [1.807, 2.05) is 6.07 Å². The highest BCUT2D eigenvalue weighted by atomic mass is 15.2. The van der Waals surface area contributed by atoms with Gasteiger partial charge in [0.2, 0.25) is 0 Å². The van der Waals surface area contributed by atoms with Crippen LogP contribution in [0.2, 0.25) is 0 Å². The largest absolute Gasteiger partial charge is 0.354 e. The first-order valence-electron chi connectivity index (χ1n) is 7.20. The molecule has 1 aliphatic carbocycles. The molecule has 1 aliphatic rings. The molecule has 0 saturated carbocycles. The Balaban J connectivity index is 2.36. The number of nitriles is 2. The van der Waals surface area contributed by atoms with Crippen LogP contribution >= 0.6 is 0 Å². The lowest BCUT2D eigenvalue weighted by molar-refractivity contribution is 0.606. The lowest BCUT2D eigenvalue weighted by atomic mass is 10.1. The van der Waals surface area contributed by atoms with Crippen LogP contribution in [0.5, 0.6) is 0 Å². The molecule has 104 valence electrons. The van der Waals surface area contributed by atoms with Crippen molar-refractivity contribution in [3.05, 3.63) is 22.9 Å². The molecule has 0 radical (unpaired) electrons. The van der Waals surface area contributed by atoms with Crippen molar-refractivity contribution in [1.82, 2.24) is 4.98 Å². The summed E-state index contributed by atoms with van der Waals surface area (Å²) < 4.78 is 0. The van der Waals surface area contributed by atoms with Crippen molar-refractivity contribution in [2.24, 2.45) is 5.92 Å². The summed E-state index contributed by atoms with van der Waals surface area (Å²) in [6, 6.07) is 6.44. The minimum atomic E-state index is 0.455. The van der Waals surface area contributed by atoms with Crippen molar-refractivity contribution in [3.8, 4) is 12.1 Å². The maximum atomic E-state index is 9.38.